The molecule has 0 radical (unpaired) electrons. The Kier molecular flexibility index (Phi) is 3.83. The van der Waals surface area contributed by atoms with E-state index in [2.05, 4.69) is 27.0 Å². The zero-order valence-electron chi connectivity index (χ0n) is 15.9. The second-order valence-electron chi connectivity index (χ2n) is 7.47. The van der Waals surface area contributed by atoms with Crippen molar-refractivity contribution in [2.45, 2.75) is 18.1 Å². The van der Waals surface area contributed by atoms with E-state index in [0.717, 1.165) is 29.7 Å². The second-order valence-corrected chi connectivity index (χ2v) is 7.47. The number of rotatable bonds is 2. The molecular formula is C20H22N6O2. The van der Waals surface area contributed by atoms with Crippen LogP contribution in [-0.4, -0.2) is 63.2 Å². The van der Waals surface area contributed by atoms with Gasteiger partial charge in [0.15, 0.2) is 5.65 Å². The zero-order chi connectivity index (χ0) is 19.3. The van der Waals surface area contributed by atoms with Gasteiger partial charge < -0.3 is 19.1 Å². The maximum atomic E-state index is 12.5. The highest BCUT2D eigenvalue weighted by molar-refractivity contribution is 5.79. The van der Waals surface area contributed by atoms with Crippen LogP contribution < -0.4 is 4.90 Å². The van der Waals surface area contributed by atoms with E-state index >= 15 is 0 Å². The molecule has 0 saturated carbocycles. The molecule has 144 valence electrons. The third-order valence-corrected chi connectivity index (χ3v) is 6.06. The quantitative estimate of drug-likeness (QED) is 0.670. The summed E-state index contributed by atoms with van der Waals surface area (Å²) in [5, 5.41) is 0. The summed E-state index contributed by atoms with van der Waals surface area (Å²) in [6, 6.07) is 10.2. The highest BCUT2D eigenvalue weighted by Crippen LogP contribution is 2.42. The van der Waals surface area contributed by atoms with Crippen molar-refractivity contribution < 1.29 is 9.53 Å². The van der Waals surface area contributed by atoms with Gasteiger partial charge in [-0.2, -0.15) is 4.98 Å². The molecule has 4 heterocycles. The van der Waals surface area contributed by atoms with E-state index in [1.54, 1.807) is 12.5 Å². The molecule has 0 aliphatic carbocycles. The van der Waals surface area contributed by atoms with E-state index in [9.17, 15) is 4.79 Å². The molecule has 8 nitrogen and oxygen atoms in total. The summed E-state index contributed by atoms with van der Waals surface area (Å²) in [5.41, 5.74) is 2.23. The Bertz CT molecular complexity index is 1040. The first-order chi connectivity index (χ1) is 13.6. The van der Waals surface area contributed by atoms with Crippen LogP contribution in [0.4, 0.5) is 5.95 Å². The molecule has 0 unspecified atom stereocenters. The van der Waals surface area contributed by atoms with Crippen molar-refractivity contribution in [1.29, 1.82) is 0 Å². The standard InChI is InChI=1S/C20H22N6O2/c1-24-13-22-15-10-21-19(23-18(15)24)26-9-8-20(14-6-4-3-5-7-14)16(11-26)28-12-17(27)25(20)2/h3-7,10,13,16H,8-9,11-12H2,1-2H3/t16-,20+/m1/s1. The predicted molar refractivity (Wildman–Crippen MR) is 104 cm³/mol. The van der Waals surface area contributed by atoms with Crippen molar-refractivity contribution in [2.75, 3.05) is 31.6 Å². The number of piperidine rings is 1. The lowest BCUT2D eigenvalue weighted by Gasteiger charge is -2.54. The molecule has 0 N–H and O–H groups in total. The number of ether oxygens (including phenoxy) is 1. The smallest absolute Gasteiger partial charge is 0.249 e. The van der Waals surface area contributed by atoms with Crippen molar-refractivity contribution in [3.8, 4) is 0 Å². The van der Waals surface area contributed by atoms with Crippen LogP contribution in [-0.2, 0) is 22.1 Å². The van der Waals surface area contributed by atoms with Gasteiger partial charge in [0.25, 0.3) is 0 Å². The van der Waals surface area contributed by atoms with Gasteiger partial charge in [0.1, 0.15) is 18.2 Å². The fourth-order valence-electron chi connectivity index (χ4n) is 4.47. The van der Waals surface area contributed by atoms with E-state index in [1.807, 2.05) is 41.8 Å². The molecule has 0 bridgehead atoms. The zero-order valence-corrected chi connectivity index (χ0v) is 15.9. The van der Waals surface area contributed by atoms with Crippen LogP contribution in [0, 0.1) is 0 Å². The normalized spacial score (nSPS) is 25.2. The number of imidazole rings is 1. The molecule has 2 atom stereocenters. The van der Waals surface area contributed by atoms with Gasteiger partial charge in [-0.3, -0.25) is 4.79 Å². The van der Waals surface area contributed by atoms with Gasteiger partial charge in [0, 0.05) is 27.2 Å². The van der Waals surface area contributed by atoms with Crippen LogP contribution in [0.5, 0.6) is 0 Å². The molecule has 2 aliphatic rings. The van der Waals surface area contributed by atoms with Gasteiger partial charge in [-0.05, 0) is 12.0 Å². The number of likely N-dealkylation sites (N-methyl/N-ethyl adjacent to an activating group) is 1. The Morgan fingerprint density at radius 3 is 2.82 bits per heavy atom. The number of nitrogens with zero attached hydrogens (tertiary/aromatic N) is 6. The first kappa shape index (κ1) is 17.1. The van der Waals surface area contributed by atoms with Crippen LogP contribution in [0.1, 0.15) is 12.0 Å². The minimum Gasteiger partial charge on any atom is -0.364 e. The summed E-state index contributed by atoms with van der Waals surface area (Å²) in [6.45, 7) is 1.46. The molecule has 1 amide bonds. The predicted octanol–water partition coefficient (Wildman–Crippen LogP) is 1.33. The molecule has 28 heavy (non-hydrogen) atoms. The maximum absolute atomic E-state index is 12.5. The van der Waals surface area contributed by atoms with Crippen LogP contribution in [0.15, 0.2) is 42.9 Å². The second kappa shape index (κ2) is 6.27. The number of hydrogen-bond acceptors (Lipinski definition) is 6. The van der Waals surface area contributed by atoms with Gasteiger partial charge in [-0.1, -0.05) is 30.3 Å². The fraction of sp³-hybridized carbons (Fsp3) is 0.400. The van der Waals surface area contributed by atoms with Crippen LogP contribution in [0.25, 0.3) is 11.2 Å². The summed E-state index contributed by atoms with van der Waals surface area (Å²) < 4.78 is 7.96. The molecule has 0 spiro atoms. The van der Waals surface area contributed by atoms with Crippen molar-refractivity contribution in [2.24, 2.45) is 7.05 Å². The Balaban J connectivity index is 1.51. The molecule has 5 rings (SSSR count). The lowest BCUT2D eigenvalue weighted by molar-refractivity contribution is -0.173. The topological polar surface area (TPSA) is 76.4 Å². The minimum atomic E-state index is -0.469. The Labute approximate surface area is 162 Å². The molecule has 2 fully saturated rings. The van der Waals surface area contributed by atoms with Crippen molar-refractivity contribution in [1.82, 2.24) is 24.4 Å². The van der Waals surface area contributed by atoms with Crippen LogP contribution >= 0.6 is 0 Å². The van der Waals surface area contributed by atoms with E-state index in [1.165, 1.54) is 0 Å². The summed E-state index contributed by atoms with van der Waals surface area (Å²) in [5.74, 6) is 0.682. The summed E-state index contributed by atoms with van der Waals surface area (Å²) >= 11 is 0. The molecular weight excluding hydrogens is 356 g/mol. The monoisotopic (exact) mass is 378 g/mol. The van der Waals surface area contributed by atoms with Crippen molar-refractivity contribution in [3.63, 3.8) is 0 Å². The number of carbonyl (C=O) groups excluding carboxylic acids is 1. The summed E-state index contributed by atoms with van der Waals surface area (Å²) in [4.78, 5) is 30.0. The number of amides is 1. The molecule has 2 aliphatic heterocycles. The van der Waals surface area contributed by atoms with E-state index in [-0.39, 0.29) is 18.6 Å². The van der Waals surface area contributed by atoms with Gasteiger partial charge in [0.2, 0.25) is 11.9 Å². The lowest BCUT2D eigenvalue weighted by atomic mass is 9.76. The number of aromatic nitrogens is 4. The number of morpholine rings is 1. The van der Waals surface area contributed by atoms with Crippen LogP contribution in [0.2, 0.25) is 0 Å². The average molecular weight is 378 g/mol. The maximum Gasteiger partial charge on any atom is 0.249 e. The fourth-order valence-corrected chi connectivity index (χ4v) is 4.47. The highest BCUT2D eigenvalue weighted by Gasteiger charge is 2.53. The Morgan fingerprint density at radius 1 is 1.18 bits per heavy atom. The number of hydrogen-bond donors (Lipinski definition) is 0. The van der Waals surface area contributed by atoms with E-state index in [4.69, 9.17) is 9.72 Å². The van der Waals surface area contributed by atoms with Gasteiger partial charge in [0.05, 0.1) is 18.1 Å². The molecule has 2 saturated heterocycles. The first-order valence-corrected chi connectivity index (χ1v) is 9.42. The molecule has 1 aromatic carbocycles. The first-order valence-electron chi connectivity index (χ1n) is 9.42. The van der Waals surface area contributed by atoms with Gasteiger partial charge in [-0.15, -0.1) is 0 Å². The van der Waals surface area contributed by atoms with Crippen molar-refractivity contribution >= 4 is 23.0 Å². The number of fused-ring (bicyclic) bond motifs is 2. The SMILES string of the molecule is CN1C(=O)CO[C@@H]2CN(c3ncc4ncn(C)c4n3)CC[C@]21c1ccccc1. The number of aryl methyl sites for hydroxylation is 1. The third-order valence-electron chi connectivity index (χ3n) is 6.06. The number of carbonyl (C=O) groups is 1. The minimum absolute atomic E-state index is 0.0149. The molecule has 8 heteroatoms. The highest BCUT2D eigenvalue weighted by atomic mass is 16.5. The number of benzene rings is 1. The molecule has 3 aromatic rings. The molecule has 2 aromatic heterocycles. The average Bonchev–Trinajstić information content (AvgIpc) is 3.11. The van der Waals surface area contributed by atoms with Crippen LogP contribution in [0.3, 0.4) is 0 Å². The third kappa shape index (κ3) is 2.41. The largest absolute Gasteiger partial charge is 0.364 e. The summed E-state index contributed by atoms with van der Waals surface area (Å²) in [7, 11) is 3.81. The van der Waals surface area contributed by atoms with Gasteiger partial charge >= 0.3 is 0 Å². The Hall–Kier alpha value is -3.00. The van der Waals surface area contributed by atoms with Gasteiger partial charge in [-0.25, -0.2) is 9.97 Å². The Morgan fingerprint density at radius 2 is 2.00 bits per heavy atom. The van der Waals surface area contributed by atoms with E-state index in [0.29, 0.717) is 12.5 Å². The van der Waals surface area contributed by atoms with Crippen molar-refractivity contribution in [3.05, 3.63) is 48.4 Å². The number of anilines is 1. The summed E-state index contributed by atoms with van der Waals surface area (Å²) in [6.07, 6.45) is 4.09. The van der Waals surface area contributed by atoms with E-state index < -0.39 is 5.54 Å². The lowest BCUT2D eigenvalue weighted by Crippen LogP contribution is -2.67.